The Morgan fingerprint density at radius 1 is 0.700 bits per heavy atom. The largest absolute Gasteiger partial charge is 0.309 e. The zero-order valence-electron chi connectivity index (χ0n) is 19.1. The number of fused-ring (bicyclic) bond motifs is 3. The number of rotatable bonds is 2. The van der Waals surface area contributed by atoms with Crippen LogP contribution < -0.4 is 0 Å². The lowest BCUT2D eigenvalue weighted by Gasteiger charge is -2.19. The van der Waals surface area contributed by atoms with E-state index >= 15 is 0 Å². The molecule has 0 aliphatic heterocycles. The Bertz CT molecular complexity index is 1200. The Morgan fingerprint density at radius 2 is 1.20 bits per heavy atom. The van der Waals surface area contributed by atoms with E-state index in [1.54, 1.807) is 6.92 Å². The molecule has 4 aromatic rings. The highest BCUT2D eigenvalue weighted by Crippen LogP contribution is 2.37. The van der Waals surface area contributed by atoms with Crippen molar-refractivity contribution in [3.05, 3.63) is 77.4 Å². The van der Waals surface area contributed by atoms with Crippen molar-refractivity contribution in [1.82, 2.24) is 4.57 Å². The molecular weight excluding hydrogens is 366 g/mol. The van der Waals surface area contributed by atoms with Crippen LogP contribution >= 0.6 is 0 Å². The molecule has 0 fully saturated rings. The minimum absolute atomic E-state index is 0.0821. The summed E-state index contributed by atoms with van der Waals surface area (Å²) in [5, 5.41) is 2.52. The van der Waals surface area contributed by atoms with Gasteiger partial charge >= 0.3 is 0 Å². The van der Waals surface area contributed by atoms with E-state index in [0.29, 0.717) is 0 Å². The average molecular weight is 398 g/mol. The number of carbonyl (C=O) groups excluding carboxylic acids is 1. The van der Waals surface area contributed by atoms with Gasteiger partial charge in [-0.2, -0.15) is 0 Å². The molecule has 0 aliphatic carbocycles. The van der Waals surface area contributed by atoms with Gasteiger partial charge in [0.2, 0.25) is 0 Å². The summed E-state index contributed by atoms with van der Waals surface area (Å²) in [4.78, 5) is 12.0. The van der Waals surface area contributed by atoms with Gasteiger partial charge < -0.3 is 4.57 Å². The minimum Gasteiger partial charge on any atom is -0.309 e. The van der Waals surface area contributed by atoms with E-state index in [0.717, 1.165) is 11.3 Å². The van der Waals surface area contributed by atoms with Crippen LogP contribution in [0.25, 0.3) is 27.5 Å². The van der Waals surface area contributed by atoms with Gasteiger partial charge in [-0.1, -0.05) is 65.8 Å². The third kappa shape index (κ3) is 3.45. The highest BCUT2D eigenvalue weighted by molar-refractivity contribution is 6.10. The molecule has 0 aliphatic rings. The molecule has 0 radical (unpaired) electrons. The van der Waals surface area contributed by atoms with E-state index in [2.05, 4.69) is 88.6 Å². The van der Waals surface area contributed by atoms with Crippen LogP contribution in [0.1, 0.15) is 70.0 Å². The molecule has 1 heterocycles. The van der Waals surface area contributed by atoms with E-state index in [1.807, 2.05) is 18.2 Å². The predicted molar refractivity (Wildman–Crippen MR) is 128 cm³/mol. The van der Waals surface area contributed by atoms with E-state index in [1.165, 1.54) is 32.9 Å². The summed E-state index contributed by atoms with van der Waals surface area (Å²) in [7, 11) is 0. The average Bonchev–Trinajstić information content (AvgIpc) is 2.99. The van der Waals surface area contributed by atoms with Crippen molar-refractivity contribution < 1.29 is 4.79 Å². The molecule has 0 saturated carbocycles. The SMILES string of the molecule is CC(=O)c1cccc(-n2c3ccc(C(C)(C)C)cc3c3cc(C(C)(C)C)ccc32)c1. The van der Waals surface area contributed by atoms with Crippen molar-refractivity contribution >= 4 is 27.6 Å². The highest BCUT2D eigenvalue weighted by Gasteiger charge is 2.20. The number of aromatic nitrogens is 1. The summed E-state index contributed by atoms with van der Waals surface area (Å²) < 4.78 is 2.29. The molecule has 0 bridgehead atoms. The van der Waals surface area contributed by atoms with Crippen LogP contribution in [-0.2, 0) is 10.8 Å². The number of carbonyl (C=O) groups is 1. The second kappa shape index (κ2) is 6.84. The van der Waals surface area contributed by atoms with E-state index in [-0.39, 0.29) is 16.6 Å². The van der Waals surface area contributed by atoms with Crippen LogP contribution in [0, 0.1) is 0 Å². The fourth-order valence-corrected chi connectivity index (χ4v) is 4.10. The minimum atomic E-state index is 0.0821. The van der Waals surface area contributed by atoms with E-state index in [4.69, 9.17) is 0 Å². The summed E-state index contributed by atoms with van der Waals surface area (Å²) in [6.07, 6.45) is 0. The zero-order valence-corrected chi connectivity index (χ0v) is 19.1. The van der Waals surface area contributed by atoms with Crippen LogP contribution in [0.5, 0.6) is 0 Å². The maximum Gasteiger partial charge on any atom is 0.159 e. The highest BCUT2D eigenvalue weighted by atomic mass is 16.1. The molecule has 4 rings (SSSR count). The zero-order chi connectivity index (χ0) is 21.8. The van der Waals surface area contributed by atoms with E-state index in [9.17, 15) is 4.79 Å². The van der Waals surface area contributed by atoms with Crippen molar-refractivity contribution in [2.45, 2.75) is 59.3 Å². The fourth-order valence-electron chi connectivity index (χ4n) is 4.10. The van der Waals surface area contributed by atoms with Crippen LogP contribution in [-0.4, -0.2) is 10.4 Å². The first-order valence-electron chi connectivity index (χ1n) is 10.7. The molecule has 30 heavy (non-hydrogen) atoms. The second-order valence-electron chi connectivity index (χ2n) is 10.4. The molecule has 1 aromatic heterocycles. The molecule has 0 amide bonds. The number of nitrogens with zero attached hydrogens (tertiary/aromatic N) is 1. The first-order chi connectivity index (χ1) is 14.0. The molecule has 0 spiro atoms. The van der Waals surface area contributed by atoms with E-state index < -0.39 is 0 Å². The van der Waals surface area contributed by atoms with Crippen molar-refractivity contribution in [2.75, 3.05) is 0 Å². The van der Waals surface area contributed by atoms with Gasteiger partial charge in [0.05, 0.1) is 11.0 Å². The maximum absolute atomic E-state index is 12.0. The quantitative estimate of drug-likeness (QED) is 0.319. The standard InChI is InChI=1S/C28H31NO/c1-18(30)19-9-8-10-22(15-19)29-25-13-11-20(27(2,3)4)16-23(25)24-17-21(28(5,6)7)12-14-26(24)29/h8-17H,1-7H3. The van der Waals surface area contributed by atoms with Crippen LogP contribution in [0.4, 0.5) is 0 Å². The lowest BCUT2D eigenvalue weighted by atomic mass is 9.85. The number of hydrogen-bond acceptors (Lipinski definition) is 1. The van der Waals surface area contributed by atoms with Crippen LogP contribution in [0.2, 0.25) is 0 Å². The van der Waals surface area contributed by atoms with Gasteiger partial charge in [0.1, 0.15) is 0 Å². The maximum atomic E-state index is 12.0. The van der Waals surface area contributed by atoms with Gasteiger partial charge in [0.25, 0.3) is 0 Å². The lowest BCUT2D eigenvalue weighted by molar-refractivity contribution is 0.101. The third-order valence-corrected chi connectivity index (χ3v) is 6.01. The van der Waals surface area contributed by atoms with Crippen molar-refractivity contribution in [1.29, 1.82) is 0 Å². The topological polar surface area (TPSA) is 22.0 Å². The molecule has 154 valence electrons. The van der Waals surface area contributed by atoms with Crippen molar-refractivity contribution in [3.8, 4) is 5.69 Å². The van der Waals surface area contributed by atoms with Gasteiger partial charge in [0, 0.05) is 22.0 Å². The fraction of sp³-hybridized carbons (Fsp3) is 0.321. The first kappa shape index (κ1) is 20.4. The van der Waals surface area contributed by atoms with Gasteiger partial charge in [-0.3, -0.25) is 4.79 Å². The summed E-state index contributed by atoms with van der Waals surface area (Å²) in [6, 6.07) is 21.5. The number of hydrogen-bond donors (Lipinski definition) is 0. The van der Waals surface area contributed by atoms with Crippen molar-refractivity contribution in [3.63, 3.8) is 0 Å². The molecule has 2 heteroatoms. The first-order valence-corrected chi connectivity index (χ1v) is 10.7. The van der Waals surface area contributed by atoms with Gasteiger partial charge in [-0.25, -0.2) is 0 Å². The summed E-state index contributed by atoms with van der Waals surface area (Å²) >= 11 is 0. The molecule has 0 N–H and O–H groups in total. The van der Waals surface area contributed by atoms with Crippen molar-refractivity contribution in [2.24, 2.45) is 0 Å². The van der Waals surface area contributed by atoms with Gasteiger partial charge in [0.15, 0.2) is 5.78 Å². The Labute approximate surface area is 179 Å². The lowest BCUT2D eigenvalue weighted by Crippen LogP contribution is -2.10. The number of ketones is 1. The number of benzene rings is 3. The van der Waals surface area contributed by atoms with Gasteiger partial charge in [-0.15, -0.1) is 0 Å². The Balaban J connectivity index is 2.11. The van der Waals surface area contributed by atoms with Crippen LogP contribution in [0.3, 0.4) is 0 Å². The molecule has 0 saturated heterocycles. The monoisotopic (exact) mass is 397 g/mol. The molecule has 2 nitrogen and oxygen atoms in total. The normalized spacial score (nSPS) is 12.6. The summed E-state index contributed by atoms with van der Waals surface area (Å²) in [5.74, 6) is 0.0858. The molecule has 0 atom stereocenters. The Morgan fingerprint density at radius 3 is 1.63 bits per heavy atom. The smallest absolute Gasteiger partial charge is 0.159 e. The van der Waals surface area contributed by atoms with Crippen LogP contribution in [0.15, 0.2) is 60.7 Å². The second-order valence-corrected chi connectivity index (χ2v) is 10.4. The van der Waals surface area contributed by atoms with Gasteiger partial charge in [-0.05, 0) is 65.3 Å². The Kier molecular flexibility index (Phi) is 4.65. The summed E-state index contributed by atoms with van der Waals surface area (Å²) in [6.45, 7) is 15.1. The molecule has 0 unspecified atom stereocenters. The Hall–Kier alpha value is -2.87. The third-order valence-electron chi connectivity index (χ3n) is 6.01. The number of Topliss-reactive ketones (excluding diaryl/α,β-unsaturated/α-hetero) is 1. The summed E-state index contributed by atoms with van der Waals surface area (Å²) in [5.41, 5.74) is 6.92. The molecule has 3 aromatic carbocycles. The predicted octanol–water partition coefficient (Wildman–Crippen LogP) is 7.58. The molecular formula is C28H31NO.